The third-order valence-corrected chi connectivity index (χ3v) is 3.30. The lowest BCUT2D eigenvalue weighted by molar-refractivity contribution is 0.0783. The molecule has 0 aliphatic carbocycles. The molecule has 2 rings (SSSR count). The SMILES string of the molecule is CC(C)c1ccc(C(=O)N(C)Cc2ccccn2)cc1. The summed E-state index contributed by atoms with van der Waals surface area (Å²) in [6, 6.07) is 13.6. The molecule has 3 heteroatoms. The minimum absolute atomic E-state index is 0.0194. The molecule has 0 saturated heterocycles. The lowest BCUT2D eigenvalue weighted by Gasteiger charge is -2.17. The summed E-state index contributed by atoms with van der Waals surface area (Å²) >= 11 is 0. The van der Waals surface area contributed by atoms with Crippen LogP contribution in [0.25, 0.3) is 0 Å². The third kappa shape index (κ3) is 3.44. The highest BCUT2D eigenvalue weighted by molar-refractivity contribution is 5.94. The number of hydrogen-bond acceptors (Lipinski definition) is 2. The summed E-state index contributed by atoms with van der Waals surface area (Å²) in [6.07, 6.45) is 1.74. The quantitative estimate of drug-likeness (QED) is 0.850. The molecule has 0 bridgehead atoms. The van der Waals surface area contributed by atoms with Crippen molar-refractivity contribution in [3.63, 3.8) is 0 Å². The number of carbonyl (C=O) groups excluding carboxylic acids is 1. The summed E-state index contributed by atoms with van der Waals surface area (Å²) in [5.74, 6) is 0.497. The number of rotatable bonds is 4. The van der Waals surface area contributed by atoms with Crippen molar-refractivity contribution >= 4 is 5.91 Å². The van der Waals surface area contributed by atoms with Gasteiger partial charge < -0.3 is 4.90 Å². The van der Waals surface area contributed by atoms with Gasteiger partial charge in [-0.25, -0.2) is 0 Å². The minimum atomic E-state index is 0.0194. The summed E-state index contributed by atoms with van der Waals surface area (Å²) in [6.45, 7) is 4.81. The molecule has 0 spiro atoms. The van der Waals surface area contributed by atoms with Crippen LogP contribution in [0, 0.1) is 0 Å². The van der Waals surface area contributed by atoms with Crippen molar-refractivity contribution in [3.8, 4) is 0 Å². The monoisotopic (exact) mass is 268 g/mol. The highest BCUT2D eigenvalue weighted by Crippen LogP contribution is 2.15. The number of amides is 1. The van der Waals surface area contributed by atoms with E-state index in [4.69, 9.17) is 0 Å². The van der Waals surface area contributed by atoms with Crippen molar-refractivity contribution in [1.29, 1.82) is 0 Å². The molecule has 0 fully saturated rings. The predicted molar refractivity (Wildman–Crippen MR) is 80.6 cm³/mol. The summed E-state index contributed by atoms with van der Waals surface area (Å²) in [5, 5.41) is 0. The normalized spacial score (nSPS) is 10.6. The number of pyridine rings is 1. The standard InChI is InChI=1S/C17H20N2O/c1-13(2)14-7-9-15(10-8-14)17(20)19(3)12-16-6-4-5-11-18-16/h4-11,13H,12H2,1-3H3. The fourth-order valence-electron chi connectivity index (χ4n) is 2.04. The first-order valence-corrected chi connectivity index (χ1v) is 6.83. The van der Waals surface area contributed by atoms with E-state index in [1.165, 1.54) is 5.56 Å². The number of hydrogen-bond donors (Lipinski definition) is 0. The summed E-state index contributed by atoms with van der Waals surface area (Å²) < 4.78 is 0. The van der Waals surface area contributed by atoms with E-state index in [0.29, 0.717) is 18.0 Å². The first-order valence-electron chi connectivity index (χ1n) is 6.83. The van der Waals surface area contributed by atoms with Gasteiger partial charge in [0, 0.05) is 18.8 Å². The van der Waals surface area contributed by atoms with Crippen LogP contribution in [-0.2, 0) is 6.54 Å². The van der Waals surface area contributed by atoms with E-state index in [1.807, 2.05) is 42.5 Å². The lowest BCUT2D eigenvalue weighted by atomic mass is 10.0. The number of benzene rings is 1. The van der Waals surface area contributed by atoms with Crippen LogP contribution in [0.1, 0.15) is 41.4 Å². The molecule has 0 unspecified atom stereocenters. The summed E-state index contributed by atoms with van der Waals surface area (Å²) in [5.41, 5.74) is 2.85. The van der Waals surface area contributed by atoms with E-state index in [2.05, 4.69) is 18.8 Å². The Morgan fingerprint density at radius 1 is 1.15 bits per heavy atom. The predicted octanol–water partition coefficient (Wildman–Crippen LogP) is 3.48. The molecule has 0 saturated carbocycles. The Kier molecular flexibility index (Phi) is 4.51. The van der Waals surface area contributed by atoms with E-state index in [0.717, 1.165) is 5.69 Å². The van der Waals surface area contributed by atoms with Crippen molar-refractivity contribution in [2.24, 2.45) is 0 Å². The molecular weight excluding hydrogens is 248 g/mol. The highest BCUT2D eigenvalue weighted by Gasteiger charge is 2.12. The second-order valence-electron chi connectivity index (χ2n) is 5.26. The van der Waals surface area contributed by atoms with Gasteiger partial charge in [0.2, 0.25) is 0 Å². The topological polar surface area (TPSA) is 33.2 Å². The lowest BCUT2D eigenvalue weighted by Crippen LogP contribution is -2.26. The van der Waals surface area contributed by atoms with E-state index >= 15 is 0 Å². The van der Waals surface area contributed by atoms with Gasteiger partial charge in [-0.2, -0.15) is 0 Å². The zero-order valence-electron chi connectivity index (χ0n) is 12.2. The van der Waals surface area contributed by atoms with Gasteiger partial charge in [0.15, 0.2) is 0 Å². The second-order valence-corrected chi connectivity index (χ2v) is 5.26. The van der Waals surface area contributed by atoms with Gasteiger partial charge >= 0.3 is 0 Å². The maximum atomic E-state index is 12.3. The Morgan fingerprint density at radius 3 is 2.40 bits per heavy atom. The van der Waals surface area contributed by atoms with Gasteiger partial charge in [0.25, 0.3) is 5.91 Å². The fourth-order valence-corrected chi connectivity index (χ4v) is 2.04. The Hall–Kier alpha value is -2.16. The minimum Gasteiger partial charge on any atom is -0.336 e. The third-order valence-electron chi connectivity index (χ3n) is 3.30. The van der Waals surface area contributed by atoms with Crippen LogP contribution in [0.5, 0.6) is 0 Å². The van der Waals surface area contributed by atoms with Gasteiger partial charge in [-0.15, -0.1) is 0 Å². The van der Waals surface area contributed by atoms with Gasteiger partial charge in [0.1, 0.15) is 0 Å². The molecule has 1 aromatic carbocycles. The van der Waals surface area contributed by atoms with Crippen LogP contribution < -0.4 is 0 Å². The van der Waals surface area contributed by atoms with Gasteiger partial charge in [-0.3, -0.25) is 9.78 Å². The van der Waals surface area contributed by atoms with E-state index in [-0.39, 0.29) is 5.91 Å². The smallest absolute Gasteiger partial charge is 0.253 e. The van der Waals surface area contributed by atoms with Gasteiger partial charge in [0.05, 0.1) is 12.2 Å². The molecular formula is C17H20N2O. The number of carbonyl (C=O) groups is 1. The second kappa shape index (κ2) is 6.33. The molecule has 3 nitrogen and oxygen atoms in total. The Bertz CT molecular complexity index is 561. The number of nitrogens with zero attached hydrogens (tertiary/aromatic N) is 2. The number of aromatic nitrogens is 1. The van der Waals surface area contributed by atoms with Crippen LogP contribution in [0.4, 0.5) is 0 Å². The summed E-state index contributed by atoms with van der Waals surface area (Å²) in [4.78, 5) is 18.3. The van der Waals surface area contributed by atoms with Crippen LogP contribution in [0.2, 0.25) is 0 Å². The van der Waals surface area contributed by atoms with Crippen LogP contribution in [0.15, 0.2) is 48.7 Å². The van der Waals surface area contributed by atoms with E-state index in [9.17, 15) is 4.79 Å². The average molecular weight is 268 g/mol. The molecule has 1 aromatic heterocycles. The molecule has 0 atom stereocenters. The average Bonchev–Trinajstić information content (AvgIpc) is 2.47. The molecule has 0 aliphatic rings. The first kappa shape index (κ1) is 14.3. The van der Waals surface area contributed by atoms with E-state index in [1.54, 1.807) is 18.1 Å². The largest absolute Gasteiger partial charge is 0.336 e. The van der Waals surface area contributed by atoms with Crippen molar-refractivity contribution in [3.05, 3.63) is 65.5 Å². The molecule has 0 aliphatic heterocycles. The Labute approximate surface area is 120 Å². The molecule has 104 valence electrons. The van der Waals surface area contributed by atoms with Crippen LogP contribution in [0.3, 0.4) is 0 Å². The Morgan fingerprint density at radius 2 is 1.85 bits per heavy atom. The van der Waals surface area contributed by atoms with Gasteiger partial charge in [-0.05, 0) is 35.7 Å². The van der Waals surface area contributed by atoms with Gasteiger partial charge in [-0.1, -0.05) is 32.0 Å². The molecule has 1 heterocycles. The maximum Gasteiger partial charge on any atom is 0.253 e. The fraction of sp³-hybridized carbons (Fsp3) is 0.294. The first-order chi connectivity index (χ1) is 9.58. The zero-order valence-corrected chi connectivity index (χ0v) is 12.2. The van der Waals surface area contributed by atoms with Crippen LogP contribution in [-0.4, -0.2) is 22.8 Å². The molecule has 0 radical (unpaired) electrons. The maximum absolute atomic E-state index is 12.3. The molecule has 0 N–H and O–H groups in total. The zero-order chi connectivity index (χ0) is 14.5. The van der Waals surface area contributed by atoms with Crippen molar-refractivity contribution in [1.82, 2.24) is 9.88 Å². The molecule has 2 aromatic rings. The highest BCUT2D eigenvalue weighted by atomic mass is 16.2. The molecule has 20 heavy (non-hydrogen) atoms. The molecule has 1 amide bonds. The van der Waals surface area contributed by atoms with Crippen molar-refractivity contribution in [2.45, 2.75) is 26.3 Å². The van der Waals surface area contributed by atoms with Crippen LogP contribution >= 0.6 is 0 Å². The summed E-state index contributed by atoms with van der Waals surface area (Å²) in [7, 11) is 1.80. The van der Waals surface area contributed by atoms with Crippen molar-refractivity contribution in [2.75, 3.05) is 7.05 Å². The Balaban J connectivity index is 2.06. The van der Waals surface area contributed by atoms with E-state index < -0.39 is 0 Å². The van der Waals surface area contributed by atoms with Crippen molar-refractivity contribution < 1.29 is 4.79 Å².